The molecule has 7 heteroatoms. The zero-order valence-corrected chi connectivity index (χ0v) is 12.9. The van der Waals surface area contributed by atoms with Crippen LogP contribution in [0.2, 0.25) is 0 Å². The number of thioether (sulfide) groups is 1. The Labute approximate surface area is 122 Å². The maximum absolute atomic E-state index is 13.6. The van der Waals surface area contributed by atoms with Crippen LogP contribution < -0.4 is 4.72 Å². The van der Waals surface area contributed by atoms with E-state index in [-0.39, 0.29) is 16.0 Å². The van der Waals surface area contributed by atoms with Crippen molar-refractivity contribution < 1.29 is 17.9 Å². The minimum Gasteiger partial charge on any atom is -0.392 e. The number of benzene rings is 1. The third-order valence-corrected chi connectivity index (χ3v) is 6.11. The first-order valence-electron chi connectivity index (χ1n) is 6.45. The van der Waals surface area contributed by atoms with Gasteiger partial charge in [0.05, 0.1) is 11.5 Å². The Morgan fingerprint density at radius 2 is 2.25 bits per heavy atom. The van der Waals surface area contributed by atoms with E-state index in [1.807, 2.05) is 0 Å². The van der Waals surface area contributed by atoms with Crippen molar-refractivity contribution in [3.63, 3.8) is 0 Å². The van der Waals surface area contributed by atoms with Crippen molar-refractivity contribution in [2.24, 2.45) is 0 Å². The van der Waals surface area contributed by atoms with Crippen LogP contribution in [0.15, 0.2) is 17.0 Å². The molecule has 1 unspecified atom stereocenters. The first-order valence-corrected chi connectivity index (χ1v) is 8.98. The van der Waals surface area contributed by atoms with Gasteiger partial charge in [-0.25, -0.2) is 17.5 Å². The summed E-state index contributed by atoms with van der Waals surface area (Å²) >= 11 is 1.76. The zero-order valence-electron chi connectivity index (χ0n) is 11.2. The monoisotopic (exact) mass is 319 g/mol. The number of halogens is 1. The Morgan fingerprint density at radius 3 is 2.85 bits per heavy atom. The number of hydrogen-bond donors (Lipinski definition) is 2. The summed E-state index contributed by atoms with van der Waals surface area (Å²) in [5.74, 6) is 0.509. The summed E-state index contributed by atoms with van der Waals surface area (Å²) < 4.78 is 40.6. The molecule has 0 spiro atoms. The molecule has 0 aliphatic carbocycles. The van der Waals surface area contributed by atoms with Crippen LogP contribution in [0.25, 0.3) is 0 Å². The van der Waals surface area contributed by atoms with Gasteiger partial charge in [-0.05, 0) is 43.2 Å². The fourth-order valence-electron chi connectivity index (χ4n) is 2.17. The second kappa shape index (κ2) is 6.43. The lowest BCUT2D eigenvalue weighted by molar-refractivity contribution is 0.275. The minimum absolute atomic E-state index is 0.000571. The summed E-state index contributed by atoms with van der Waals surface area (Å²) in [4.78, 5) is 0.00319. The zero-order chi connectivity index (χ0) is 14.8. The van der Waals surface area contributed by atoms with E-state index in [1.165, 1.54) is 19.1 Å². The van der Waals surface area contributed by atoms with Crippen LogP contribution in [0.5, 0.6) is 0 Å². The summed E-state index contributed by atoms with van der Waals surface area (Å²) in [6.07, 6.45) is 2.12. The molecule has 0 saturated carbocycles. The predicted octanol–water partition coefficient (Wildman–Crippen LogP) is 1.80. The van der Waals surface area contributed by atoms with Gasteiger partial charge in [-0.3, -0.25) is 0 Å². The van der Waals surface area contributed by atoms with Crippen LogP contribution in [-0.2, 0) is 16.6 Å². The van der Waals surface area contributed by atoms with Gasteiger partial charge in [0, 0.05) is 17.4 Å². The van der Waals surface area contributed by atoms with Crippen LogP contribution in [0.3, 0.4) is 0 Å². The Hall–Kier alpha value is -0.630. The number of nitrogens with one attached hydrogen (secondary N) is 1. The molecule has 1 atom stereocenters. The summed E-state index contributed by atoms with van der Waals surface area (Å²) in [5.41, 5.74) is 0.216. The first kappa shape index (κ1) is 15.8. The number of hydrogen-bond acceptors (Lipinski definition) is 4. The van der Waals surface area contributed by atoms with Gasteiger partial charge in [0.25, 0.3) is 0 Å². The van der Waals surface area contributed by atoms with Crippen molar-refractivity contribution in [3.8, 4) is 0 Å². The second-order valence-corrected chi connectivity index (χ2v) is 8.03. The molecule has 1 saturated heterocycles. The van der Waals surface area contributed by atoms with E-state index in [4.69, 9.17) is 5.11 Å². The van der Waals surface area contributed by atoms with Gasteiger partial charge in [0.2, 0.25) is 10.0 Å². The molecule has 112 valence electrons. The molecule has 1 heterocycles. The smallest absolute Gasteiger partial charge is 0.240 e. The van der Waals surface area contributed by atoms with E-state index in [0.29, 0.717) is 11.8 Å². The predicted molar refractivity (Wildman–Crippen MR) is 77.7 cm³/mol. The SMILES string of the molecule is Cc1cc(S(=O)(=O)NCC2CCCS2)cc(CO)c1F. The average Bonchev–Trinajstić information content (AvgIpc) is 2.92. The molecule has 4 nitrogen and oxygen atoms in total. The van der Waals surface area contributed by atoms with Crippen molar-refractivity contribution in [2.45, 2.75) is 36.5 Å². The van der Waals surface area contributed by atoms with Crippen molar-refractivity contribution in [1.82, 2.24) is 4.72 Å². The Kier molecular flexibility index (Phi) is 5.06. The third kappa shape index (κ3) is 3.52. The third-order valence-electron chi connectivity index (χ3n) is 3.31. The van der Waals surface area contributed by atoms with Crippen molar-refractivity contribution in [3.05, 3.63) is 29.1 Å². The Bertz CT molecular complexity index is 584. The van der Waals surface area contributed by atoms with Crippen molar-refractivity contribution >= 4 is 21.8 Å². The van der Waals surface area contributed by atoms with Crippen molar-refractivity contribution in [2.75, 3.05) is 12.3 Å². The summed E-state index contributed by atoms with van der Waals surface area (Å²) in [5, 5.41) is 9.39. The van der Waals surface area contributed by atoms with E-state index < -0.39 is 22.4 Å². The highest BCUT2D eigenvalue weighted by atomic mass is 32.2. The molecule has 20 heavy (non-hydrogen) atoms. The molecule has 1 aliphatic rings. The lowest BCUT2D eigenvalue weighted by atomic mass is 10.1. The molecular formula is C13H18FNO3S2. The maximum Gasteiger partial charge on any atom is 0.240 e. The fraction of sp³-hybridized carbons (Fsp3) is 0.538. The van der Waals surface area contributed by atoms with E-state index in [2.05, 4.69) is 4.72 Å². The highest BCUT2D eigenvalue weighted by molar-refractivity contribution is 8.00. The van der Waals surface area contributed by atoms with Crippen LogP contribution in [0, 0.1) is 12.7 Å². The van der Waals surface area contributed by atoms with E-state index in [9.17, 15) is 12.8 Å². The lowest BCUT2D eigenvalue weighted by Gasteiger charge is -2.12. The van der Waals surface area contributed by atoms with E-state index in [0.717, 1.165) is 18.6 Å². The van der Waals surface area contributed by atoms with Crippen LogP contribution in [-0.4, -0.2) is 31.1 Å². The molecule has 1 aliphatic heterocycles. The Morgan fingerprint density at radius 1 is 1.50 bits per heavy atom. The molecule has 0 bridgehead atoms. The molecule has 1 aromatic rings. The van der Waals surface area contributed by atoms with Gasteiger partial charge >= 0.3 is 0 Å². The normalized spacial score (nSPS) is 19.4. The van der Waals surface area contributed by atoms with Crippen LogP contribution in [0.1, 0.15) is 24.0 Å². The van der Waals surface area contributed by atoms with E-state index >= 15 is 0 Å². The molecule has 1 aromatic carbocycles. The quantitative estimate of drug-likeness (QED) is 0.868. The average molecular weight is 319 g/mol. The molecule has 2 rings (SSSR count). The molecule has 2 N–H and O–H groups in total. The largest absolute Gasteiger partial charge is 0.392 e. The van der Waals surface area contributed by atoms with Gasteiger partial charge in [-0.2, -0.15) is 11.8 Å². The maximum atomic E-state index is 13.6. The first-order chi connectivity index (χ1) is 9.44. The Balaban J connectivity index is 2.18. The van der Waals surface area contributed by atoms with Gasteiger partial charge < -0.3 is 5.11 Å². The molecule has 0 radical (unpaired) electrons. The summed E-state index contributed by atoms with van der Waals surface area (Å²) in [6, 6.07) is 2.48. The molecule has 0 amide bonds. The van der Waals surface area contributed by atoms with Gasteiger partial charge in [-0.1, -0.05) is 0 Å². The number of aliphatic hydroxyl groups is 1. The molecule has 0 aromatic heterocycles. The number of aryl methyl sites for hydroxylation is 1. The standard InChI is InChI=1S/C13H18FNO3S2/c1-9-5-12(6-10(8-16)13(9)14)20(17,18)15-7-11-3-2-4-19-11/h5-6,11,15-16H,2-4,7-8H2,1H3. The molecule has 1 fully saturated rings. The van der Waals surface area contributed by atoms with E-state index in [1.54, 1.807) is 11.8 Å². The number of aliphatic hydroxyl groups excluding tert-OH is 1. The topological polar surface area (TPSA) is 66.4 Å². The van der Waals surface area contributed by atoms with Crippen molar-refractivity contribution in [1.29, 1.82) is 0 Å². The highest BCUT2D eigenvalue weighted by Crippen LogP contribution is 2.26. The lowest BCUT2D eigenvalue weighted by Crippen LogP contribution is -2.30. The summed E-state index contributed by atoms with van der Waals surface area (Å²) in [7, 11) is -3.66. The highest BCUT2D eigenvalue weighted by Gasteiger charge is 2.21. The minimum atomic E-state index is -3.66. The van der Waals surface area contributed by atoms with Gasteiger partial charge in [0.1, 0.15) is 5.82 Å². The second-order valence-electron chi connectivity index (χ2n) is 4.86. The fourth-order valence-corrected chi connectivity index (χ4v) is 4.69. The van der Waals surface area contributed by atoms with Crippen LogP contribution in [0.4, 0.5) is 4.39 Å². The van der Waals surface area contributed by atoms with Crippen LogP contribution >= 0.6 is 11.8 Å². The number of sulfonamides is 1. The van der Waals surface area contributed by atoms with Gasteiger partial charge in [0.15, 0.2) is 0 Å². The molecular weight excluding hydrogens is 301 g/mol. The number of rotatable bonds is 5. The van der Waals surface area contributed by atoms with Gasteiger partial charge in [-0.15, -0.1) is 0 Å². The summed E-state index contributed by atoms with van der Waals surface area (Å²) in [6.45, 7) is 1.35.